The number of rotatable bonds is 4. The summed E-state index contributed by atoms with van der Waals surface area (Å²) in [6.45, 7) is 9.55. The van der Waals surface area contributed by atoms with Crippen molar-refractivity contribution < 1.29 is 0 Å². The Kier molecular flexibility index (Phi) is 5.31. The van der Waals surface area contributed by atoms with Crippen LogP contribution in [0.25, 0.3) is 0 Å². The van der Waals surface area contributed by atoms with Crippen LogP contribution in [0.2, 0.25) is 5.02 Å². The Balaban J connectivity index is 2.10. The molecule has 1 N–H and O–H groups in total. The third-order valence-electron chi connectivity index (χ3n) is 3.06. The lowest BCUT2D eigenvalue weighted by atomic mass is 10.1. The second-order valence-corrected chi connectivity index (χ2v) is 7.55. The average Bonchev–Trinajstić information content (AvgIpc) is 2.39. The van der Waals surface area contributed by atoms with Crippen LogP contribution in [0, 0.1) is 6.92 Å². The van der Waals surface area contributed by atoms with Crippen LogP contribution in [-0.2, 0) is 6.54 Å². The number of benzene rings is 1. The maximum absolute atomic E-state index is 6.15. The van der Waals surface area contributed by atoms with Gasteiger partial charge in [0.15, 0.2) is 0 Å². The Labute approximate surface area is 136 Å². The van der Waals surface area contributed by atoms with Gasteiger partial charge >= 0.3 is 0 Å². The molecule has 0 aliphatic rings. The van der Waals surface area contributed by atoms with Gasteiger partial charge in [-0.05, 0) is 63.1 Å². The van der Waals surface area contributed by atoms with E-state index < -0.39 is 0 Å². The summed E-state index contributed by atoms with van der Waals surface area (Å²) in [6, 6.07) is 10.2. The zero-order valence-electron chi connectivity index (χ0n) is 12.9. The maximum Gasteiger partial charge on any atom is 0.119 e. The van der Waals surface area contributed by atoms with E-state index in [1.54, 1.807) is 18.0 Å². The smallest absolute Gasteiger partial charge is 0.119 e. The van der Waals surface area contributed by atoms with Gasteiger partial charge in [0.1, 0.15) is 5.03 Å². The normalized spacial score (nSPS) is 11.7. The Morgan fingerprint density at radius 1 is 1.24 bits per heavy atom. The molecule has 0 aliphatic heterocycles. The predicted octanol–water partition coefficient (Wildman–Crippen LogP) is 5.08. The molecular weight excluding hydrogens is 300 g/mol. The Morgan fingerprint density at radius 2 is 2.00 bits per heavy atom. The predicted molar refractivity (Wildman–Crippen MR) is 91.1 cm³/mol. The number of hydrogen-bond acceptors (Lipinski definition) is 3. The first kappa shape index (κ1) is 16.3. The van der Waals surface area contributed by atoms with Gasteiger partial charge in [-0.3, -0.25) is 0 Å². The maximum atomic E-state index is 6.15. The van der Waals surface area contributed by atoms with Crippen LogP contribution >= 0.6 is 23.4 Å². The first-order chi connectivity index (χ1) is 9.85. The zero-order chi connectivity index (χ0) is 15.5. The number of aryl methyl sites for hydroxylation is 1. The van der Waals surface area contributed by atoms with Crippen molar-refractivity contribution in [2.75, 3.05) is 0 Å². The van der Waals surface area contributed by atoms with E-state index >= 15 is 0 Å². The van der Waals surface area contributed by atoms with Crippen molar-refractivity contribution in [1.82, 2.24) is 10.3 Å². The van der Waals surface area contributed by atoms with Crippen molar-refractivity contribution in [1.29, 1.82) is 0 Å². The molecule has 0 radical (unpaired) electrons. The van der Waals surface area contributed by atoms with Crippen molar-refractivity contribution in [3.8, 4) is 0 Å². The van der Waals surface area contributed by atoms with Gasteiger partial charge in [0.25, 0.3) is 0 Å². The second kappa shape index (κ2) is 6.82. The molecule has 2 rings (SSSR count). The average molecular weight is 321 g/mol. The van der Waals surface area contributed by atoms with E-state index in [0.717, 1.165) is 16.5 Å². The number of nitrogens with one attached hydrogen (secondary N) is 1. The summed E-state index contributed by atoms with van der Waals surface area (Å²) in [6.07, 6.45) is 1.77. The molecule has 0 unspecified atom stereocenters. The molecule has 2 nitrogen and oxygen atoms in total. The molecule has 0 amide bonds. The summed E-state index contributed by atoms with van der Waals surface area (Å²) in [5.74, 6) is 0. The molecule has 0 spiro atoms. The van der Waals surface area contributed by atoms with Gasteiger partial charge in [-0.25, -0.2) is 4.98 Å². The highest BCUT2D eigenvalue weighted by Crippen LogP contribution is 2.32. The minimum Gasteiger partial charge on any atom is -0.308 e. The largest absolute Gasteiger partial charge is 0.308 e. The van der Waals surface area contributed by atoms with Crippen LogP contribution in [0.4, 0.5) is 0 Å². The van der Waals surface area contributed by atoms with Gasteiger partial charge in [-0.2, -0.15) is 0 Å². The van der Waals surface area contributed by atoms with Crippen LogP contribution in [0.1, 0.15) is 31.9 Å². The molecular formula is C17H21ClN2S. The summed E-state index contributed by atoms with van der Waals surface area (Å²) in [5, 5.41) is 5.06. The summed E-state index contributed by atoms with van der Waals surface area (Å²) >= 11 is 7.75. The van der Waals surface area contributed by atoms with Crippen molar-refractivity contribution >= 4 is 23.4 Å². The SMILES string of the molecule is Cc1cc(Sc2ncccc2Cl)ccc1CNC(C)(C)C. The molecule has 112 valence electrons. The van der Waals surface area contributed by atoms with Gasteiger partial charge in [-0.15, -0.1) is 0 Å². The van der Waals surface area contributed by atoms with Crippen LogP contribution < -0.4 is 5.32 Å². The Bertz CT molecular complexity index is 620. The summed E-state index contributed by atoms with van der Waals surface area (Å²) in [4.78, 5) is 5.47. The molecule has 0 saturated heterocycles. The van der Waals surface area contributed by atoms with Crippen molar-refractivity contribution in [2.24, 2.45) is 0 Å². The Morgan fingerprint density at radius 3 is 2.62 bits per heavy atom. The monoisotopic (exact) mass is 320 g/mol. The van der Waals surface area contributed by atoms with E-state index in [-0.39, 0.29) is 5.54 Å². The molecule has 1 aromatic carbocycles. The number of aromatic nitrogens is 1. The summed E-state index contributed by atoms with van der Waals surface area (Å²) < 4.78 is 0. The molecule has 21 heavy (non-hydrogen) atoms. The summed E-state index contributed by atoms with van der Waals surface area (Å²) in [7, 11) is 0. The molecule has 2 aromatic rings. The highest BCUT2D eigenvalue weighted by molar-refractivity contribution is 7.99. The minimum absolute atomic E-state index is 0.126. The van der Waals surface area contributed by atoms with Crippen LogP contribution in [0.3, 0.4) is 0 Å². The second-order valence-electron chi connectivity index (χ2n) is 6.08. The molecule has 4 heteroatoms. The fraction of sp³-hybridized carbons (Fsp3) is 0.353. The molecule has 0 bridgehead atoms. The zero-order valence-corrected chi connectivity index (χ0v) is 14.5. The molecule has 0 aliphatic carbocycles. The van der Waals surface area contributed by atoms with E-state index in [4.69, 9.17) is 11.6 Å². The highest BCUT2D eigenvalue weighted by atomic mass is 35.5. The van der Waals surface area contributed by atoms with Gasteiger partial charge < -0.3 is 5.32 Å². The van der Waals surface area contributed by atoms with Gasteiger partial charge in [0, 0.05) is 23.2 Å². The third kappa shape index (κ3) is 5.03. The lowest BCUT2D eigenvalue weighted by Gasteiger charge is -2.21. The lowest BCUT2D eigenvalue weighted by Crippen LogP contribution is -2.35. The van der Waals surface area contributed by atoms with Crippen molar-refractivity contribution in [3.05, 3.63) is 52.7 Å². The highest BCUT2D eigenvalue weighted by Gasteiger charge is 2.10. The quantitative estimate of drug-likeness (QED) is 0.850. The van der Waals surface area contributed by atoms with Gasteiger partial charge in [0.05, 0.1) is 5.02 Å². The first-order valence-electron chi connectivity index (χ1n) is 6.98. The van der Waals surface area contributed by atoms with Crippen LogP contribution in [0.5, 0.6) is 0 Å². The number of halogens is 1. The topological polar surface area (TPSA) is 24.9 Å². The number of hydrogen-bond donors (Lipinski definition) is 1. The van der Waals surface area contributed by atoms with E-state index in [0.29, 0.717) is 5.02 Å². The standard InChI is InChI=1S/C17H21ClN2S/c1-12-10-14(21-16-15(18)6-5-9-19-16)8-7-13(12)11-20-17(2,3)4/h5-10,20H,11H2,1-4H3. The molecule has 1 heterocycles. The third-order valence-corrected chi connectivity index (χ3v) is 4.49. The van der Waals surface area contributed by atoms with Gasteiger partial charge in [0.2, 0.25) is 0 Å². The lowest BCUT2D eigenvalue weighted by molar-refractivity contribution is 0.424. The van der Waals surface area contributed by atoms with E-state index in [9.17, 15) is 0 Å². The number of nitrogens with zero attached hydrogens (tertiary/aromatic N) is 1. The molecule has 0 atom stereocenters. The number of pyridine rings is 1. The summed E-state index contributed by atoms with van der Waals surface area (Å²) in [5.41, 5.74) is 2.73. The van der Waals surface area contributed by atoms with E-state index in [2.05, 4.69) is 56.2 Å². The van der Waals surface area contributed by atoms with Gasteiger partial charge in [-0.1, -0.05) is 29.4 Å². The van der Waals surface area contributed by atoms with Crippen molar-refractivity contribution in [3.63, 3.8) is 0 Å². The molecule has 0 saturated carbocycles. The Hall–Kier alpha value is -1.03. The fourth-order valence-electron chi connectivity index (χ4n) is 1.85. The van der Waals surface area contributed by atoms with Crippen molar-refractivity contribution in [2.45, 2.75) is 49.7 Å². The van der Waals surface area contributed by atoms with Crippen LogP contribution in [0.15, 0.2) is 46.5 Å². The van der Waals surface area contributed by atoms with E-state index in [1.807, 2.05) is 12.1 Å². The van der Waals surface area contributed by atoms with Crippen LogP contribution in [-0.4, -0.2) is 10.5 Å². The fourth-order valence-corrected chi connectivity index (χ4v) is 2.96. The minimum atomic E-state index is 0.126. The van der Waals surface area contributed by atoms with E-state index in [1.165, 1.54) is 11.1 Å². The molecule has 0 fully saturated rings. The molecule has 1 aromatic heterocycles. The first-order valence-corrected chi connectivity index (χ1v) is 8.17.